The largest absolute Gasteiger partial charge is 0.333 e. The number of thioether (sulfide) groups is 1. The first-order valence-corrected chi connectivity index (χ1v) is 11.0. The number of benzene rings is 1. The Hall–Kier alpha value is -2.48. The molecule has 3 aromatic rings. The summed E-state index contributed by atoms with van der Waals surface area (Å²) in [6.45, 7) is 5.73. The molecular formula is C21H24FN5OS. The molecule has 2 heterocycles. The smallest absolute Gasteiger partial charge is 0.253 e. The normalized spacial score (nSPS) is 14.9. The van der Waals surface area contributed by atoms with Gasteiger partial charge >= 0.3 is 0 Å². The highest BCUT2D eigenvalue weighted by Crippen LogP contribution is 2.36. The fraction of sp³-hybridized carbons (Fsp3) is 0.429. The summed E-state index contributed by atoms with van der Waals surface area (Å²) in [5.41, 5.74) is 3.04. The van der Waals surface area contributed by atoms with E-state index in [4.69, 9.17) is 0 Å². The summed E-state index contributed by atoms with van der Waals surface area (Å²) in [7, 11) is 0. The van der Waals surface area contributed by atoms with E-state index < -0.39 is 0 Å². The maximum atomic E-state index is 14.3. The molecule has 2 aromatic heterocycles. The number of hydrogen-bond donors (Lipinski definition) is 0. The quantitative estimate of drug-likeness (QED) is 0.574. The van der Waals surface area contributed by atoms with Crippen molar-refractivity contribution >= 4 is 23.4 Å². The number of amides is 1. The van der Waals surface area contributed by atoms with E-state index in [0.717, 1.165) is 29.8 Å². The predicted octanol–water partition coefficient (Wildman–Crippen LogP) is 3.90. The Balaban J connectivity index is 1.66. The average Bonchev–Trinajstić information content (AvgIpc) is 3.43. The number of fused-ring (bicyclic) bond motifs is 1. The van der Waals surface area contributed by atoms with Crippen molar-refractivity contribution in [2.24, 2.45) is 0 Å². The van der Waals surface area contributed by atoms with Crippen LogP contribution < -0.4 is 0 Å². The topological polar surface area (TPSA) is 63.4 Å². The van der Waals surface area contributed by atoms with Crippen molar-refractivity contribution in [2.45, 2.75) is 57.3 Å². The van der Waals surface area contributed by atoms with Crippen molar-refractivity contribution in [3.8, 4) is 0 Å². The summed E-state index contributed by atoms with van der Waals surface area (Å²) in [6, 6.07) is 6.54. The molecule has 29 heavy (non-hydrogen) atoms. The third kappa shape index (κ3) is 3.73. The van der Waals surface area contributed by atoms with Crippen molar-refractivity contribution in [1.82, 2.24) is 24.5 Å². The minimum absolute atomic E-state index is 0.0131. The Kier molecular flexibility index (Phi) is 5.29. The van der Waals surface area contributed by atoms with Crippen LogP contribution in [0.2, 0.25) is 0 Å². The molecule has 1 fully saturated rings. The second-order valence-corrected chi connectivity index (χ2v) is 8.25. The zero-order valence-electron chi connectivity index (χ0n) is 17.0. The first kappa shape index (κ1) is 19.8. The standard InChI is InChI=1S/C21H24FN5OS/c1-12-17(14(3)27-20(23-12)24-21(25-27)29-4)11-19(28)26(15-9-10-15)13(2)16-7-5-6-8-18(16)22/h5-8,13,15H,9-11H2,1-4H3/t13-/m1/s1. The Morgan fingerprint density at radius 1 is 1.31 bits per heavy atom. The lowest BCUT2D eigenvalue weighted by Gasteiger charge is -2.30. The first-order chi connectivity index (χ1) is 13.9. The molecule has 8 heteroatoms. The predicted molar refractivity (Wildman–Crippen MR) is 110 cm³/mol. The summed E-state index contributed by atoms with van der Waals surface area (Å²) in [4.78, 5) is 24.1. The van der Waals surface area contributed by atoms with Gasteiger partial charge in [-0.15, -0.1) is 5.10 Å². The van der Waals surface area contributed by atoms with Crippen molar-refractivity contribution in [2.75, 3.05) is 6.26 Å². The van der Waals surface area contributed by atoms with Crippen molar-refractivity contribution in [3.05, 3.63) is 52.6 Å². The molecule has 0 N–H and O–H groups in total. The minimum atomic E-state index is -0.317. The first-order valence-electron chi connectivity index (χ1n) is 9.73. The fourth-order valence-corrected chi connectivity index (χ4v) is 4.16. The molecule has 1 saturated carbocycles. The molecule has 0 bridgehead atoms. The van der Waals surface area contributed by atoms with Crippen LogP contribution in [0, 0.1) is 19.7 Å². The fourth-order valence-electron chi connectivity index (χ4n) is 3.83. The van der Waals surface area contributed by atoms with Crippen LogP contribution >= 0.6 is 11.8 Å². The molecule has 0 spiro atoms. The number of nitrogens with zero attached hydrogens (tertiary/aromatic N) is 5. The Morgan fingerprint density at radius 3 is 2.69 bits per heavy atom. The van der Waals surface area contributed by atoms with E-state index in [2.05, 4.69) is 15.1 Å². The molecule has 0 radical (unpaired) electrons. The van der Waals surface area contributed by atoms with E-state index in [9.17, 15) is 9.18 Å². The zero-order chi connectivity index (χ0) is 20.7. The zero-order valence-corrected chi connectivity index (χ0v) is 17.8. The lowest BCUT2D eigenvalue weighted by atomic mass is 10.0. The van der Waals surface area contributed by atoms with E-state index in [1.807, 2.05) is 38.0 Å². The van der Waals surface area contributed by atoms with Crippen LogP contribution in [0.15, 0.2) is 29.4 Å². The van der Waals surface area contributed by atoms with E-state index in [1.165, 1.54) is 17.8 Å². The number of carbonyl (C=O) groups excluding carboxylic acids is 1. The minimum Gasteiger partial charge on any atom is -0.333 e. The third-order valence-corrected chi connectivity index (χ3v) is 6.08. The van der Waals surface area contributed by atoms with Crippen molar-refractivity contribution < 1.29 is 9.18 Å². The summed E-state index contributed by atoms with van der Waals surface area (Å²) in [5, 5.41) is 5.11. The Morgan fingerprint density at radius 2 is 2.03 bits per heavy atom. The van der Waals surface area contributed by atoms with Gasteiger partial charge in [0.2, 0.25) is 11.1 Å². The molecule has 0 saturated heterocycles. The van der Waals surface area contributed by atoms with Gasteiger partial charge in [0.1, 0.15) is 5.82 Å². The molecule has 1 aliphatic carbocycles. The summed E-state index contributed by atoms with van der Waals surface area (Å²) in [5.74, 6) is 0.251. The number of hydrogen-bond acceptors (Lipinski definition) is 5. The van der Waals surface area contributed by atoms with Gasteiger partial charge in [-0.25, -0.2) is 13.9 Å². The van der Waals surface area contributed by atoms with E-state index in [1.54, 1.807) is 16.6 Å². The van der Waals surface area contributed by atoms with Gasteiger partial charge in [0.15, 0.2) is 0 Å². The second-order valence-electron chi connectivity index (χ2n) is 7.48. The van der Waals surface area contributed by atoms with Crippen LogP contribution in [-0.2, 0) is 11.2 Å². The molecule has 4 rings (SSSR count). The van der Waals surface area contributed by atoms with Crippen LogP contribution in [-0.4, -0.2) is 42.7 Å². The number of aromatic nitrogens is 4. The summed E-state index contributed by atoms with van der Waals surface area (Å²) >= 11 is 1.46. The Labute approximate surface area is 173 Å². The highest BCUT2D eigenvalue weighted by atomic mass is 32.2. The molecule has 152 valence electrons. The number of carbonyl (C=O) groups is 1. The van der Waals surface area contributed by atoms with Crippen molar-refractivity contribution in [1.29, 1.82) is 0 Å². The van der Waals surface area contributed by atoms with Crippen LogP contribution in [0.5, 0.6) is 0 Å². The molecule has 0 unspecified atom stereocenters. The van der Waals surface area contributed by atoms with Gasteiger partial charge in [0.05, 0.1) is 12.5 Å². The van der Waals surface area contributed by atoms with Gasteiger partial charge in [0, 0.05) is 28.6 Å². The van der Waals surface area contributed by atoms with Gasteiger partial charge in [0.25, 0.3) is 5.78 Å². The monoisotopic (exact) mass is 413 g/mol. The van der Waals surface area contributed by atoms with E-state index in [0.29, 0.717) is 16.5 Å². The average molecular weight is 414 g/mol. The van der Waals surface area contributed by atoms with Gasteiger partial charge in [-0.05, 0) is 45.9 Å². The van der Waals surface area contributed by atoms with Gasteiger partial charge in [-0.2, -0.15) is 4.98 Å². The Bertz CT molecular complexity index is 1080. The summed E-state index contributed by atoms with van der Waals surface area (Å²) < 4.78 is 16.0. The molecule has 1 aromatic carbocycles. The number of aryl methyl sites for hydroxylation is 2. The SMILES string of the molecule is CSc1nc2nc(C)c(CC(=O)N(C3CC3)[C@H](C)c3ccccc3F)c(C)n2n1. The van der Waals surface area contributed by atoms with Crippen LogP contribution in [0.25, 0.3) is 5.78 Å². The highest BCUT2D eigenvalue weighted by molar-refractivity contribution is 7.98. The molecule has 1 aliphatic rings. The van der Waals surface area contributed by atoms with Crippen LogP contribution in [0.1, 0.15) is 48.3 Å². The van der Waals surface area contributed by atoms with Crippen LogP contribution in [0.3, 0.4) is 0 Å². The highest BCUT2D eigenvalue weighted by Gasteiger charge is 2.37. The molecule has 1 atom stereocenters. The maximum absolute atomic E-state index is 14.3. The summed E-state index contributed by atoms with van der Waals surface area (Å²) in [6.07, 6.45) is 4.04. The maximum Gasteiger partial charge on any atom is 0.253 e. The van der Waals surface area contributed by atoms with Gasteiger partial charge in [-0.1, -0.05) is 30.0 Å². The van der Waals surface area contributed by atoms with Crippen molar-refractivity contribution in [3.63, 3.8) is 0 Å². The lowest BCUT2D eigenvalue weighted by Crippen LogP contribution is -2.37. The number of halogens is 1. The lowest BCUT2D eigenvalue weighted by molar-refractivity contribution is -0.133. The second kappa shape index (κ2) is 7.74. The van der Waals surface area contributed by atoms with E-state index in [-0.39, 0.29) is 30.2 Å². The van der Waals surface area contributed by atoms with Gasteiger partial charge < -0.3 is 4.90 Å². The third-order valence-electron chi connectivity index (χ3n) is 5.54. The molecule has 1 amide bonds. The van der Waals surface area contributed by atoms with Crippen LogP contribution in [0.4, 0.5) is 4.39 Å². The number of rotatable bonds is 6. The molecule has 0 aliphatic heterocycles. The van der Waals surface area contributed by atoms with Gasteiger partial charge in [-0.3, -0.25) is 4.79 Å². The molecule has 6 nitrogen and oxygen atoms in total. The molecular weight excluding hydrogens is 389 g/mol. The van der Waals surface area contributed by atoms with E-state index >= 15 is 0 Å².